The average molecular weight is 279 g/mol. The molecule has 4 nitrogen and oxygen atoms in total. The highest BCUT2D eigenvalue weighted by Gasteiger charge is 2.35. The molecule has 5 heterocycles. The molecule has 5 rings (SSSR count). The Labute approximate surface area is 119 Å². The van der Waals surface area contributed by atoms with Crippen molar-refractivity contribution in [3.63, 3.8) is 0 Å². The van der Waals surface area contributed by atoms with Crippen LogP contribution >= 0.6 is 11.3 Å². The zero-order valence-corrected chi connectivity index (χ0v) is 11.7. The zero-order chi connectivity index (χ0) is 13.3. The van der Waals surface area contributed by atoms with E-state index in [4.69, 9.17) is 0 Å². The van der Waals surface area contributed by atoms with E-state index in [2.05, 4.69) is 38.3 Å². The van der Waals surface area contributed by atoms with E-state index < -0.39 is 0 Å². The lowest BCUT2D eigenvalue weighted by Gasteiger charge is -1.94. The van der Waals surface area contributed by atoms with Crippen LogP contribution in [0.5, 0.6) is 0 Å². The maximum Gasteiger partial charge on any atom is 0.292 e. The van der Waals surface area contributed by atoms with Gasteiger partial charge < -0.3 is 0 Å². The van der Waals surface area contributed by atoms with Crippen molar-refractivity contribution in [3.05, 3.63) is 42.5 Å². The maximum atomic E-state index is 4.51. The van der Waals surface area contributed by atoms with E-state index in [0.29, 0.717) is 0 Å². The minimum atomic E-state index is 0.864. The fraction of sp³-hybridized carbons (Fsp3) is 0.133. The third kappa shape index (κ3) is 1.10. The molecule has 0 fully saturated rings. The zero-order valence-electron chi connectivity index (χ0n) is 10.9. The number of nitrogens with zero attached hydrogens (tertiary/aromatic N) is 4. The number of thiophene rings is 1. The summed E-state index contributed by atoms with van der Waals surface area (Å²) in [6.45, 7) is 0.864. The average Bonchev–Trinajstić information content (AvgIpc) is 3.10. The van der Waals surface area contributed by atoms with Crippen LogP contribution in [0.25, 0.3) is 31.8 Å². The lowest BCUT2D eigenvalue weighted by molar-refractivity contribution is -0.644. The van der Waals surface area contributed by atoms with E-state index in [1.165, 1.54) is 31.8 Å². The summed E-state index contributed by atoms with van der Waals surface area (Å²) in [5.74, 6) is 1.26. The molecular weight excluding hydrogens is 268 g/mol. The molecule has 1 aliphatic rings. The van der Waals surface area contributed by atoms with Crippen molar-refractivity contribution >= 4 is 31.8 Å². The van der Waals surface area contributed by atoms with Gasteiger partial charge in [0.25, 0.3) is 5.82 Å². The first-order valence-electron chi connectivity index (χ1n) is 6.53. The van der Waals surface area contributed by atoms with Crippen LogP contribution in [0.1, 0.15) is 5.69 Å². The molecule has 0 radical (unpaired) electrons. The number of pyridine rings is 2. The van der Waals surface area contributed by atoms with Crippen LogP contribution in [-0.2, 0) is 13.6 Å². The summed E-state index contributed by atoms with van der Waals surface area (Å²) in [5.41, 5.74) is 3.72. The first-order valence-corrected chi connectivity index (χ1v) is 7.35. The van der Waals surface area contributed by atoms with Crippen LogP contribution in [0.3, 0.4) is 0 Å². The van der Waals surface area contributed by atoms with Gasteiger partial charge in [-0.25, -0.2) is 9.13 Å². The largest absolute Gasteiger partial charge is 0.292 e. The van der Waals surface area contributed by atoms with Gasteiger partial charge in [0, 0.05) is 24.0 Å². The van der Waals surface area contributed by atoms with Crippen molar-refractivity contribution in [1.82, 2.24) is 14.5 Å². The van der Waals surface area contributed by atoms with Crippen LogP contribution in [0.15, 0.2) is 36.8 Å². The normalized spacial score (nSPS) is 13.1. The Morgan fingerprint density at radius 2 is 2.25 bits per heavy atom. The molecule has 4 aromatic heterocycles. The number of imidazole rings is 1. The number of hydrogen-bond acceptors (Lipinski definition) is 3. The third-order valence-electron chi connectivity index (χ3n) is 4.04. The molecule has 0 saturated heterocycles. The summed E-state index contributed by atoms with van der Waals surface area (Å²) < 4.78 is 5.91. The van der Waals surface area contributed by atoms with Crippen molar-refractivity contribution in [3.8, 4) is 11.4 Å². The van der Waals surface area contributed by atoms with Crippen LogP contribution in [0.2, 0.25) is 0 Å². The smallest absolute Gasteiger partial charge is 0.263 e. The van der Waals surface area contributed by atoms with Gasteiger partial charge in [-0.05, 0) is 18.2 Å². The van der Waals surface area contributed by atoms with Crippen molar-refractivity contribution < 1.29 is 4.57 Å². The quantitative estimate of drug-likeness (QED) is 0.408. The van der Waals surface area contributed by atoms with Crippen LogP contribution < -0.4 is 4.57 Å². The molecule has 0 spiro atoms. The summed E-state index contributed by atoms with van der Waals surface area (Å²) in [6, 6.07) is 6.28. The van der Waals surface area contributed by atoms with E-state index in [9.17, 15) is 0 Å². The Morgan fingerprint density at radius 3 is 3.20 bits per heavy atom. The minimum Gasteiger partial charge on any atom is -0.263 e. The summed E-state index contributed by atoms with van der Waals surface area (Å²) in [7, 11) is 2.14. The second kappa shape index (κ2) is 3.43. The predicted octanol–water partition coefficient (Wildman–Crippen LogP) is 2.50. The van der Waals surface area contributed by atoms with E-state index in [0.717, 1.165) is 12.2 Å². The van der Waals surface area contributed by atoms with E-state index in [-0.39, 0.29) is 0 Å². The lowest BCUT2D eigenvalue weighted by Crippen LogP contribution is -2.30. The van der Waals surface area contributed by atoms with Crippen molar-refractivity contribution in [1.29, 1.82) is 0 Å². The Balaban J connectivity index is 1.98. The number of rotatable bonds is 0. The first-order chi connectivity index (χ1) is 9.84. The summed E-state index contributed by atoms with van der Waals surface area (Å²) in [6.07, 6.45) is 5.69. The maximum absolute atomic E-state index is 4.51. The van der Waals surface area contributed by atoms with Gasteiger partial charge in [-0.2, -0.15) is 0 Å². The van der Waals surface area contributed by atoms with Crippen LogP contribution in [0.4, 0.5) is 0 Å². The van der Waals surface area contributed by atoms with E-state index in [1.54, 1.807) is 0 Å². The molecule has 5 heteroatoms. The second-order valence-corrected chi connectivity index (χ2v) is 6.12. The Hall–Kier alpha value is -2.27. The van der Waals surface area contributed by atoms with Gasteiger partial charge in [0.15, 0.2) is 5.52 Å². The fourth-order valence-corrected chi connectivity index (χ4v) is 4.41. The molecule has 20 heavy (non-hydrogen) atoms. The highest BCUT2D eigenvalue weighted by Crippen LogP contribution is 2.37. The molecule has 0 aliphatic carbocycles. The molecule has 1 aliphatic heterocycles. The summed E-state index contributed by atoms with van der Waals surface area (Å²) in [4.78, 5) is 10.0. The number of fused-ring (bicyclic) bond motifs is 7. The van der Waals surface area contributed by atoms with Crippen molar-refractivity contribution in [2.45, 2.75) is 6.54 Å². The van der Waals surface area contributed by atoms with Gasteiger partial charge in [0.2, 0.25) is 4.83 Å². The summed E-state index contributed by atoms with van der Waals surface area (Å²) in [5, 5.41) is 1.29. The number of aryl methyl sites for hydroxylation is 1. The fourth-order valence-electron chi connectivity index (χ4n) is 3.20. The van der Waals surface area contributed by atoms with Gasteiger partial charge in [-0.3, -0.25) is 9.97 Å². The molecule has 0 amide bonds. The molecule has 4 aromatic rings. The molecule has 96 valence electrons. The molecule has 0 bridgehead atoms. The van der Waals surface area contributed by atoms with Gasteiger partial charge >= 0.3 is 0 Å². The minimum absolute atomic E-state index is 0.864. The van der Waals surface area contributed by atoms with E-state index >= 15 is 0 Å². The van der Waals surface area contributed by atoms with Crippen LogP contribution in [0, 0.1) is 0 Å². The van der Waals surface area contributed by atoms with Gasteiger partial charge in [0.1, 0.15) is 6.54 Å². The lowest BCUT2D eigenvalue weighted by atomic mass is 10.2. The third-order valence-corrected chi connectivity index (χ3v) is 5.19. The molecular formula is C15H11N4S+. The molecule has 0 unspecified atom stereocenters. The van der Waals surface area contributed by atoms with Crippen molar-refractivity contribution in [2.75, 3.05) is 0 Å². The summed E-state index contributed by atoms with van der Waals surface area (Å²) >= 11 is 1.81. The Kier molecular flexibility index (Phi) is 1.80. The second-order valence-electron chi connectivity index (χ2n) is 5.09. The molecule has 0 aromatic carbocycles. The Bertz CT molecular complexity index is 996. The highest BCUT2D eigenvalue weighted by molar-refractivity contribution is 7.25. The molecule has 0 N–H and O–H groups in total. The van der Waals surface area contributed by atoms with Gasteiger partial charge in [-0.15, -0.1) is 0 Å². The van der Waals surface area contributed by atoms with Gasteiger partial charge in [-0.1, -0.05) is 11.3 Å². The first kappa shape index (κ1) is 10.5. The predicted molar refractivity (Wildman–Crippen MR) is 78.6 cm³/mol. The van der Waals surface area contributed by atoms with Crippen molar-refractivity contribution in [2.24, 2.45) is 7.05 Å². The monoisotopic (exact) mass is 279 g/mol. The highest BCUT2D eigenvalue weighted by atomic mass is 32.1. The number of hydrogen-bond donors (Lipinski definition) is 0. The molecule has 0 saturated carbocycles. The Morgan fingerprint density at radius 1 is 1.30 bits per heavy atom. The topological polar surface area (TPSA) is 34.6 Å². The van der Waals surface area contributed by atoms with Gasteiger partial charge in [0.05, 0.1) is 23.0 Å². The SMILES string of the molecule is Cn1c2[n+](c3sc4cnccc4c31)Cc1ncccc1-2. The van der Waals surface area contributed by atoms with Crippen LogP contribution in [-0.4, -0.2) is 14.5 Å². The van der Waals surface area contributed by atoms with E-state index in [1.807, 2.05) is 36.0 Å². The molecule has 0 atom stereocenters. The standard InChI is InChI=1S/C15H11N4S/c1-18-13-10-4-6-16-7-12(10)20-15(13)19-8-11-9(14(18)19)3-2-5-17-11/h2-7H,8H2,1H3/q+1. The number of aromatic nitrogens is 4.